The average Bonchev–Trinajstić information content (AvgIpc) is 3.16. The number of quaternary nitrogens is 3. The minimum atomic E-state index is 0.588. The predicted octanol–water partition coefficient (Wildman–Crippen LogP) is 5.01. The van der Waals surface area contributed by atoms with Crippen molar-refractivity contribution >= 4 is 34.2 Å². The smallest absolute Gasteiger partial charge is 0.145 e. The molecule has 0 aromatic heterocycles. The van der Waals surface area contributed by atoms with E-state index in [2.05, 4.69) is 146 Å². The van der Waals surface area contributed by atoms with Crippen LogP contribution < -0.4 is 14.7 Å². The number of fused-ring (bicyclic) bond motifs is 1. The van der Waals surface area contributed by atoms with Crippen LogP contribution in [0.25, 0.3) is 0 Å². The number of para-hydroxylation sites is 3. The molecule has 3 N–H and O–H groups in total. The van der Waals surface area contributed by atoms with Crippen molar-refractivity contribution in [1.29, 1.82) is 0 Å². The molecule has 9 heterocycles. The fourth-order valence-corrected chi connectivity index (χ4v) is 8.36. The van der Waals surface area contributed by atoms with Gasteiger partial charge < -0.3 is 0 Å². The molecule has 0 saturated carbocycles. The maximum absolute atomic E-state index is 5.24. The zero-order chi connectivity index (χ0) is 33.7. The van der Waals surface area contributed by atoms with Crippen LogP contribution in [-0.4, -0.2) is 17.1 Å². The second-order valence-electron chi connectivity index (χ2n) is 14.2. The van der Waals surface area contributed by atoms with Crippen LogP contribution in [-0.2, 0) is 39.3 Å². The Kier molecular flexibility index (Phi) is 7.38. The summed E-state index contributed by atoms with van der Waals surface area (Å²) in [5, 5.41) is 0. The largest absolute Gasteiger partial charge is 0.280 e. The molecule has 3 unspecified atom stereocenters. The molecule has 246 valence electrons. The Bertz CT molecular complexity index is 2120. The van der Waals surface area contributed by atoms with E-state index in [1.54, 1.807) is 0 Å². The highest BCUT2D eigenvalue weighted by molar-refractivity contribution is 6.13. The second kappa shape index (κ2) is 12.5. The zero-order valence-corrected chi connectivity index (χ0v) is 28.4. The summed E-state index contributed by atoms with van der Waals surface area (Å²) in [5.74, 6) is 0. The summed E-state index contributed by atoms with van der Waals surface area (Å²) in [4.78, 5) is 19.7. The van der Waals surface area contributed by atoms with E-state index in [4.69, 9.17) is 15.0 Å². The molecular weight excluding hydrogens is 625 g/mol. The molecule has 9 aliphatic heterocycles. The Balaban J connectivity index is 1.21. The maximum atomic E-state index is 5.24. The molecule has 0 radical (unpaired) electrons. The molecule has 6 nitrogen and oxygen atoms in total. The van der Waals surface area contributed by atoms with Gasteiger partial charge in [0.05, 0.1) is 53.5 Å². The molecule has 0 amide bonds. The SMILES string of the molecule is C1=C[NH+]2Cc3cc4cc(c3)C[NH+]3C=CC(=NCc5cc(cc(c5)CN=C5C=C[NH+](C4)c4ccccc45)CN=C1c1ccccc12)c1ccccc13. The molecular formula is C45H39N6+3. The standard InChI is InChI=1S/C45H36N6/c1-4-10-43-37(7-1)40-13-16-49(43)28-34-22-35-24-36(23-34)30-51-18-15-42(39-9-3-6-12-45(39)51)48-27-33-20-31(25-46-40)19-32(21-33)26-47-41-14-17-50(29-35)44-11-5-2-8-38(41)44/h1-24H,25-30H2/p+3. The summed E-state index contributed by atoms with van der Waals surface area (Å²) in [6.45, 7) is 4.32. The Labute approximate surface area is 298 Å². The van der Waals surface area contributed by atoms with Crippen molar-refractivity contribution in [3.05, 3.63) is 196 Å². The molecule has 51 heavy (non-hydrogen) atoms. The van der Waals surface area contributed by atoms with Gasteiger partial charge in [-0.3, -0.25) is 29.7 Å². The van der Waals surface area contributed by atoms with E-state index < -0.39 is 0 Å². The van der Waals surface area contributed by atoms with Crippen molar-refractivity contribution < 1.29 is 14.7 Å². The molecule has 0 saturated heterocycles. The van der Waals surface area contributed by atoms with Gasteiger partial charge in [-0.25, -0.2) is 0 Å². The Morgan fingerprint density at radius 3 is 0.980 bits per heavy atom. The summed E-state index contributed by atoms with van der Waals surface area (Å²) < 4.78 is 0. The van der Waals surface area contributed by atoms with Crippen molar-refractivity contribution in [1.82, 2.24) is 0 Å². The molecule has 0 fully saturated rings. The molecule has 5 aromatic carbocycles. The van der Waals surface area contributed by atoms with E-state index >= 15 is 0 Å². The van der Waals surface area contributed by atoms with Crippen molar-refractivity contribution in [2.24, 2.45) is 15.0 Å². The number of hydrogen-bond acceptors (Lipinski definition) is 3. The predicted molar refractivity (Wildman–Crippen MR) is 203 cm³/mol. The lowest BCUT2D eigenvalue weighted by atomic mass is 9.98. The van der Waals surface area contributed by atoms with E-state index in [-0.39, 0.29) is 0 Å². The highest BCUT2D eigenvalue weighted by atomic mass is 15.1. The van der Waals surface area contributed by atoms with Crippen molar-refractivity contribution in [2.45, 2.75) is 39.3 Å². The number of rotatable bonds is 0. The summed E-state index contributed by atoms with van der Waals surface area (Å²) in [6.07, 6.45) is 13.5. The minimum Gasteiger partial charge on any atom is -0.280 e. The van der Waals surface area contributed by atoms with Gasteiger partial charge in [0.2, 0.25) is 0 Å². The molecule has 3 atom stereocenters. The van der Waals surface area contributed by atoms with E-state index in [1.165, 1.54) is 81.8 Å². The number of allylic oxidation sites excluding steroid dienone is 3. The van der Waals surface area contributed by atoms with E-state index in [0.717, 1.165) is 36.8 Å². The van der Waals surface area contributed by atoms with Gasteiger partial charge in [-0.1, -0.05) is 54.6 Å². The van der Waals surface area contributed by atoms with Crippen LogP contribution in [0.1, 0.15) is 50.1 Å². The fraction of sp³-hybridized carbons (Fsp3) is 0.133. The monoisotopic (exact) mass is 663 g/mol. The van der Waals surface area contributed by atoms with Crippen LogP contribution in [0.2, 0.25) is 0 Å². The lowest BCUT2D eigenvalue weighted by Gasteiger charge is -2.25. The molecule has 14 rings (SSSR count). The van der Waals surface area contributed by atoms with Crippen molar-refractivity contribution in [3.8, 4) is 0 Å². The van der Waals surface area contributed by atoms with Gasteiger partial charge in [0.25, 0.3) is 0 Å². The summed E-state index contributed by atoms with van der Waals surface area (Å²) in [5.41, 5.74) is 18.0. The maximum Gasteiger partial charge on any atom is 0.145 e. The third kappa shape index (κ3) is 5.73. The first-order valence-corrected chi connectivity index (χ1v) is 18.0. The van der Waals surface area contributed by atoms with Gasteiger partial charge in [-0.2, -0.15) is 0 Å². The number of aliphatic imine (C=N–C) groups is 3. The number of nitrogens with one attached hydrogen (secondary N) is 3. The lowest BCUT2D eigenvalue weighted by molar-refractivity contribution is -0.792. The highest BCUT2D eigenvalue weighted by Crippen LogP contribution is 2.24. The third-order valence-electron chi connectivity index (χ3n) is 10.7. The third-order valence-corrected chi connectivity index (χ3v) is 10.7. The van der Waals surface area contributed by atoms with Gasteiger partial charge in [-0.05, 0) is 53.1 Å². The van der Waals surface area contributed by atoms with Gasteiger partial charge in [0.1, 0.15) is 55.3 Å². The topological polar surface area (TPSA) is 50.4 Å². The zero-order valence-electron chi connectivity index (χ0n) is 28.4. The van der Waals surface area contributed by atoms with E-state index in [9.17, 15) is 0 Å². The minimum absolute atomic E-state index is 0.588. The van der Waals surface area contributed by atoms with E-state index in [0.29, 0.717) is 19.6 Å². The van der Waals surface area contributed by atoms with Crippen LogP contribution >= 0.6 is 0 Å². The van der Waals surface area contributed by atoms with Gasteiger partial charge in [0.15, 0.2) is 0 Å². The Morgan fingerprint density at radius 1 is 0.353 bits per heavy atom. The van der Waals surface area contributed by atoms with E-state index in [1.807, 2.05) is 0 Å². The van der Waals surface area contributed by atoms with Crippen LogP contribution in [0, 0.1) is 0 Å². The molecule has 12 bridgehead atoms. The normalized spacial score (nSPS) is 21.2. The Hall–Kier alpha value is -5.79. The van der Waals surface area contributed by atoms with Crippen LogP contribution in [0.15, 0.2) is 161 Å². The fourth-order valence-electron chi connectivity index (χ4n) is 8.36. The summed E-state index contributed by atoms with van der Waals surface area (Å²) in [7, 11) is 0. The van der Waals surface area contributed by atoms with Gasteiger partial charge in [-0.15, -0.1) is 0 Å². The molecule has 5 aromatic rings. The average molecular weight is 664 g/mol. The first-order chi connectivity index (χ1) is 25.2. The Morgan fingerprint density at radius 2 is 0.647 bits per heavy atom. The molecule has 0 aliphatic carbocycles. The van der Waals surface area contributed by atoms with Gasteiger partial charge in [0, 0.05) is 53.1 Å². The molecule has 9 aliphatic rings. The van der Waals surface area contributed by atoms with Gasteiger partial charge >= 0.3 is 0 Å². The van der Waals surface area contributed by atoms with Crippen LogP contribution in [0.3, 0.4) is 0 Å². The first-order valence-electron chi connectivity index (χ1n) is 18.0. The van der Waals surface area contributed by atoms with Crippen molar-refractivity contribution in [3.63, 3.8) is 0 Å². The van der Waals surface area contributed by atoms with Crippen molar-refractivity contribution in [2.75, 3.05) is 0 Å². The van der Waals surface area contributed by atoms with Crippen LogP contribution in [0.5, 0.6) is 0 Å². The second-order valence-corrected chi connectivity index (χ2v) is 14.2. The van der Waals surface area contributed by atoms with Crippen LogP contribution in [0.4, 0.5) is 17.1 Å². The number of hydrogen-bond donors (Lipinski definition) is 3. The number of benzene rings is 5. The summed E-state index contributed by atoms with van der Waals surface area (Å²) >= 11 is 0. The number of nitrogens with zero attached hydrogens (tertiary/aromatic N) is 3. The highest BCUT2D eigenvalue weighted by Gasteiger charge is 2.27. The molecule has 0 spiro atoms. The molecule has 6 heteroatoms. The quantitative estimate of drug-likeness (QED) is 0.209. The lowest BCUT2D eigenvalue weighted by Crippen LogP contribution is -3.02. The summed E-state index contributed by atoms with van der Waals surface area (Å²) in [6, 6.07) is 40.4. The first kappa shape index (κ1) is 30.1.